The number of nitrogens with zero attached hydrogens (tertiary/aromatic N) is 2. The Kier molecular flexibility index (Phi) is 8.73. The van der Waals surface area contributed by atoms with Crippen LogP contribution < -0.4 is 0 Å². The molecular weight excluding hydrogens is 272 g/mol. The van der Waals surface area contributed by atoms with Gasteiger partial charge in [0, 0.05) is 13.1 Å². The van der Waals surface area contributed by atoms with Gasteiger partial charge in [-0.1, -0.05) is 26.7 Å². The second kappa shape index (κ2) is 9.74. The lowest BCUT2D eigenvalue weighted by Crippen LogP contribution is -2.41. The Labute approximate surface area is 125 Å². The molecule has 0 radical (unpaired) electrons. The highest BCUT2D eigenvalue weighted by Gasteiger charge is 2.20. The van der Waals surface area contributed by atoms with Crippen LogP contribution in [0.15, 0.2) is 0 Å². The second-order valence-corrected chi connectivity index (χ2v) is 8.20. The van der Waals surface area contributed by atoms with Crippen LogP contribution in [0, 0.1) is 0 Å². The van der Waals surface area contributed by atoms with Crippen LogP contribution in [0.1, 0.15) is 46.0 Å². The van der Waals surface area contributed by atoms with E-state index in [-0.39, 0.29) is 0 Å². The van der Waals surface area contributed by atoms with E-state index in [0.717, 1.165) is 32.6 Å². The van der Waals surface area contributed by atoms with E-state index in [9.17, 15) is 8.42 Å². The lowest BCUT2D eigenvalue weighted by atomic mass is 10.2. The van der Waals surface area contributed by atoms with Gasteiger partial charge < -0.3 is 9.80 Å². The number of unbranched alkanes of at least 4 members (excludes halogenated alkanes) is 2. The van der Waals surface area contributed by atoms with E-state index in [1.54, 1.807) is 0 Å². The first-order valence-corrected chi connectivity index (χ1v) is 10.0. The molecule has 1 saturated heterocycles. The number of rotatable bonds is 10. The summed E-state index contributed by atoms with van der Waals surface area (Å²) < 4.78 is 22.8. The Morgan fingerprint density at radius 1 is 0.900 bits per heavy atom. The van der Waals surface area contributed by atoms with Gasteiger partial charge in [0.25, 0.3) is 0 Å². The monoisotopic (exact) mass is 304 g/mol. The lowest BCUT2D eigenvalue weighted by molar-refractivity contribution is 0.229. The molecule has 0 aromatic rings. The topological polar surface area (TPSA) is 40.6 Å². The third-order valence-corrected chi connectivity index (χ3v) is 5.65. The first kappa shape index (κ1) is 17.9. The average molecular weight is 305 g/mol. The minimum Gasteiger partial charge on any atom is -0.303 e. The summed E-state index contributed by atoms with van der Waals surface area (Å²) in [5.41, 5.74) is 0. The zero-order valence-electron chi connectivity index (χ0n) is 13.3. The minimum absolute atomic E-state index is 0.350. The molecule has 120 valence electrons. The molecule has 0 aromatic carbocycles. The standard InChI is InChI=1S/C15H32N2O2S/c1-3-5-8-16(9-6-4-2)10-7-11-17-12-14-20(18,19)15-13-17/h3-15H2,1-2H3. The maximum atomic E-state index is 11.4. The van der Waals surface area contributed by atoms with Crippen LogP contribution in [-0.2, 0) is 9.84 Å². The molecule has 1 aliphatic rings. The molecule has 1 rings (SSSR count). The molecular formula is C15H32N2O2S. The summed E-state index contributed by atoms with van der Waals surface area (Å²) in [6, 6.07) is 0. The van der Waals surface area contributed by atoms with Crippen molar-refractivity contribution < 1.29 is 8.42 Å². The first-order chi connectivity index (χ1) is 9.57. The van der Waals surface area contributed by atoms with Gasteiger partial charge >= 0.3 is 0 Å². The highest BCUT2D eigenvalue weighted by atomic mass is 32.2. The Bertz CT molecular complexity index is 322. The van der Waals surface area contributed by atoms with Crippen molar-refractivity contribution in [1.82, 2.24) is 9.80 Å². The fourth-order valence-corrected chi connectivity index (χ4v) is 3.87. The molecule has 4 nitrogen and oxygen atoms in total. The van der Waals surface area contributed by atoms with Crippen LogP contribution in [0.4, 0.5) is 0 Å². The zero-order chi connectivity index (χ0) is 14.8. The van der Waals surface area contributed by atoms with Gasteiger partial charge in [-0.15, -0.1) is 0 Å². The maximum Gasteiger partial charge on any atom is 0.152 e. The van der Waals surface area contributed by atoms with Crippen molar-refractivity contribution in [2.45, 2.75) is 46.0 Å². The Balaban J connectivity index is 2.19. The highest BCUT2D eigenvalue weighted by molar-refractivity contribution is 7.91. The molecule has 0 spiro atoms. The van der Waals surface area contributed by atoms with E-state index in [1.807, 2.05) is 0 Å². The molecule has 0 bridgehead atoms. The Hall–Kier alpha value is -0.130. The molecule has 0 unspecified atom stereocenters. The van der Waals surface area contributed by atoms with Crippen LogP contribution >= 0.6 is 0 Å². The van der Waals surface area contributed by atoms with Gasteiger partial charge in [0.1, 0.15) is 0 Å². The normalized spacial score (nSPS) is 19.6. The molecule has 0 aliphatic carbocycles. The van der Waals surface area contributed by atoms with Crippen molar-refractivity contribution in [1.29, 1.82) is 0 Å². The van der Waals surface area contributed by atoms with Crippen molar-refractivity contribution in [2.24, 2.45) is 0 Å². The summed E-state index contributed by atoms with van der Waals surface area (Å²) >= 11 is 0. The number of hydrogen-bond donors (Lipinski definition) is 0. The van der Waals surface area contributed by atoms with Crippen molar-refractivity contribution in [3.8, 4) is 0 Å². The molecule has 1 heterocycles. The summed E-state index contributed by atoms with van der Waals surface area (Å²) in [6.45, 7) is 10.6. The molecule has 1 fully saturated rings. The zero-order valence-corrected chi connectivity index (χ0v) is 14.1. The van der Waals surface area contributed by atoms with E-state index in [4.69, 9.17) is 0 Å². The van der Waals surface area contributed by atoms with Crippen molar-refractivity contribution in [3.05, 3.63) is 0 Å². The first-order valence-electron chi connectivity index (χ1n) is 8.22. The Morgan fingerprint density at radius 3 is 1.90 bits per heavy atom. The molecule has 0 N–H and O–H groups in total. The second-order valence-electron chi connectivity index (χ2n) is 5.90. The van der Waals surface area contributed by atoms with Gasteiger partial charge in [0.15, 0.2) is 9.84 Å². The summed E-state index contributed by atoms with van der Waals surface area (Å²) in [4.78, 5) is 4.88. The van der Waals surface area contributed by atoms with Gasteiger partial charge in [0.05, 0.1) is 11.5 Å². The summed E-state index contributed by atoms with van der Waals surface area (Å²) in [5.74, 6) is 0.699. The Morgan fingerprint density at radius 2 is 1.40 bits per heavy atom. The number of sulfone groups is 1. The third-order valence-electron chi connectivity index (χ3n) is 4.04. The van der Waals surface area contributed by atoms with Crippen LogP contribution in [0.5, 0.6) is 0 Å². The van der Waals surface area contributed by atoms with Gasteiger partial charge in [-0.2, -0.15) is 0 Å². The van der Waals surface area contributed by atoms with Crippen LogP contribution in [0.2, 0.25) is 0 Å². The molecule has 1 aliphatic heterocycles. The predicted molar refractivity (Wildman–Crippen MR) is 86.0 cm³/mol. The fourth-order valence-electron chi connectivity index (χ4n) is 2.59. The van der Waals surface area contributed by atoms with Gasteiger partial charge in [-0.25, -0.2) is 8.42 Å². The maximum absolute atomic E-state index is 11.4. The molecule has 0 aromatic heterocycles. The van der Waals surface area contributed by atoms with E-state index in [0.29, 0.717) is 11.5 Å². The van der Waals surface area contributed by atoms with Gasteiger partial charge in [0.2, 0.25) is 0 Å². The average Bonchev–Trinajstić information content (AvgIpc) is 2.43. The van der Waals surface area contributed by atoms with E-state index >= 15 is 0 Å². The minimum atomic E-state index is -2.73. The van der Waals surface area contributed by atoms with Crippen LogP contribution in [0.3, 0.4) is 0 Å². The van der Waals surface area contributed by atoms with E-state index < -0.39 is 9.84 Å². The van der Waals surface area contributed by atoms with Crippen molar-refractivity contribution in [3.63, 3.8) is 0 Å². The van der Waals surface area contributed by atoms with Crippen LogP contribution in [-0.4, -0.2) is 69.0 Å². The largest absolute Gasteiger partial charge is 0.303 e. The van der Waals surface area contributed by atoms with E-state index in [1.165, 1.54) is 38.8 Å². The summed E-state index contributed by atoms with van der Waals surface area (Å²) in [6.07, 6.45) is 6.24. The van der Waals surface area contributed by atoms with Gasteiger partial charge in [-0.3, -0.25) is 0 Å². The lowest BCUT2D eigenvalue weighted by Gasteiger charge is -2.28. The highest BCUT2D eigenvalue weighted by Crippen LogP contribution is 2.06. The fraction of sp³-hybridized carbons (Fsp3) is 1.00. The molecule has 0 amide bonds. The summed E-state index contributed by atoms with van der Waals surface area (Å²) in [5, 5.41) is 0. The van der Waals surface area contributed by atoms with Gasteiger partial charge in [-0.05, 0) is 45.4 Å². The van der Waals surface area contributed by atoms with Crippen molar-refractivity contribution >= 4 is 9.84 Å². The quantitative estimate of drug-likeness (QED) is 0.619. The summed E-state index contributed by atoms with van der Waals surface area (Å²) in [7, 11) is -2.73. The molecule has 0 saturated carbocycles. The van der Waals surface area contributed by atoms with Crippen LogP contribution in [0.25, 0.3) is 0 Å². The molecule has 5 heteroatoms. The smallest absolute Gasteiger partial charge is 0.152 e. The number of hydrogen-bond acceptors (Lipinski definition) is 4. The SMILES string of the molecule is CCCCN(CCCC)CCCN1CCS(=O)(=O)CC1. The molecule has 0 atom stereocenters. The predicted octanol–water partition coefficient (Wildman–Crippen LogP) is 2.01. The molecule has 20 heavy (non-hydrogen) atoms. The van der Waals surface area contributed by atoms with E-state index in [2.05, 4.69) is 23.6 Å². The van der Waals surface area contributed by atoms with Crippen molar-refractivity contribution in [2.75, 3.05) is 50.8 Å². The third kappa shape index (κ3) is 7.60.